The van der Waals surface area contributed by atoms with E-state index in [4.69, 9.17) is 11.6 Å². The molecule has 0 radical (unpaired) electrons. The molecule has 0 aliphatic carbocycles. The van der Waals surface area contributed by atoms with Crippen molar-refractivity contribution in [1.82, 2.24) is 0 Å². The van der Waals surface area contributed by atoms with Gasteiger partial charge >= 0.3 is 0 Å². The summed E-state index contributed by atoms with van der Waals surface area (Å²) in [5, 5.41) is 11.0. The molecule has 5 heteroatoms. The second-order valence-electron chi connectivity index (χ2n) is 3.61. The van der Waals surface area contributed by atoms with Crippen LogP contribution in [0.1, 0.15) is 18.9 Å². The molecule has 0 heterocycles. The molecular formula is C11H14ClNO2S. The number of rotatable bonds is 5. The average Bonchev–Trinajstić information content (AvgIpc) is 2.21. The number of hydrogen-bond donors (Lipinski definition) is 0. The highest BCUT2D eigenvalue weighted by atomic mass is 35.5. The number of nitro groups is 1. The van der Waals surface area contributed by atoms with Crippen molar-refractivity contribution in [2.75, 3.05) is 5.88 Å². The number of alkyl halides is 1. The highest BCUT2D eigenvalue weighted by Crippen LogP contribution is 2.30. The van der Waals surface area contributed by atoms with Crippen LogP contribution in [0.3, 0.4) is 0 Å². The molecule has 0 aliphatic heterocycles. The minimum absolute atomic E-state index is 0.145. The standard InChI is InChI=1S/C11H14ClNO2S/c1-8-7-10(13(14)15)3-4-11(8)16-9(2)5-6-12/h3-4,7,9H,5-6H2,1-2H3. The topological polar surface area (TPSA) is 43.1 Å². The summed E-state index contributed by atoms with van der Waals surface area (Å²) in [4.78, 5) is 11.3. The van der Waals surface area contributed by atoms with E-state index in [9.17, 15) is 10.1 Å². The fourth-order valence-corrected chi connectivity index (χ4v) is 2.83. The maximum Gasteiger partial charge on any atom is 0.269 e. The highest BCUT2D eigenvalue weighted by molar-refractivity contribution is 8.00. The van der Waals surface area contributed by atoms with E-state index < -0.39 is 0 Å². The molecule has 1 aromatic carbocycles. The first-order valence-electron chi connectivity index (χ1n) is 5.02. The van der Waals surface area contributed by atoms with E-state index in [1.807, 2.05) is 13.0 Å². The minimum atomic E-state index is -0.371. The van der Waals surface area contributed by atoms with E-state index in [-0.39, 0.29) is 10.6 Å². The number of aryl methyl sites for hydroxylation is 1. The van der Waals surface area contributed by atoms with Crippen molar-refractivity contribution >= 4 is 29.1 Å². The van der Waals surface area contributed by atoms with E-state index in [2.05, 4.69) is 6.92 Å². The molecule has 1 rings (SSSR count). The Kier molecular flexibility index (Phi) is 5.09. The van der Waals surface area contributed by atoms with E-state index in [0.717, 1.165) is 16.9 Å². The maximum absolute atomic E-state index is 10.6. The summed E-state index contributed by atoms with van der Waals surface area (Å²) in [6.45, 7) is 4.00. The van der Waals surface area contributed by atoms with Crippen molar-refractivity contribution in [1.29, 1.82) is 0 Å². The summed E-state index contributed by atoms with van der Waals surface area (Å²) in [7, 11) is 0. The maximum atomic E-state index is 10.6. The molecule has 0 N–H and O–H groups in total. The van der Waals surface area contributed by atoms with Gasteiger partial charge in [-0.05, 0) is 25.0 Å². The lowest BCUT2D eigenvalue weighted by molar-refractivity contribution is -0.385. The van der Waals surface area contributed by atoms with Crippen molar-refractivity contribution in [2.45, 2.75) is 30.4 Å². The van der Waals surface area contributed by atoms with Crippen LogP contribution in [0.15, 0.2) is 23.1 Å². The van der Waals surface area contributed by atoms with Gasteiger partial charge in [0, 0.05) is 28.2 Å². The fourth-order valence-electron chi connectivity index (χ4n) is 1.31. The molecule has 1 unspecified atom stereocenters. The summed E-state index contributed by atoms with van der Waals surface area (Å²) in [6.07, 6.45) is 0.933. The Balaban J connectivity index is 2.79. The van der Waals surface area contributed by atoms with Crippen molar-refractivity contribution in [2.24, 2.45) is 0 Å². The predicted octanol–water partition coefficient (Wildman–Crippen LogP) is 4.01. The van der Waals surface area contributed by atoms with Crippen LogP contribution in [-0.4, -0.2) is 16.1 Å². The molecule has 0 aromatic heterocycles. The monoisotopic (exact) mass is 259 g/mol. The Morgan fingerprint density at radius 3 is 2.75 bits per heavy atom. The van der Waals surface area contributed by atoms with Gasteiger partial charge in [0.25, 0.3) is 5.69 Å². The number of halogens is 1. The lowest BCUT2D eigenvalue weighted by Gasteiger charge is -2.11. The third-order valence-corrected chi connectivity index (χ3v) is 3.78. The zero-order valence-corrected chi connectivity index (χ0v) is 10.8. The number of nitro benzene ring substituents is 1. The molecule has 3 nitrogen and oxygen atoms in total. The van der Waals surface area contributed by atoms with Crippen LogP contribution in [0, 0.1) is 17.0 Å². The van der Waals surface area contributed by atoms with Gasteiger partial charge in [-0.1, -0.05) is 6.92 Å². The number of benzene rings is 1. The first-order chi connectivity index (χ1) is 7.54. The van der Waals surface area contributed by atoms with Crippen LogP contribution in [0.5, 0.6) is 0 Å². The lowest BCUT2D eigenvalue weighted by Crippen LogP contribution is -1.97. The third kappa shape index (κ3) is 3.68. The Morgan fingerprint density at radius 2 is 2.25 bits per heavy atom. The van der Waals surface area contributed by atoms with Gasteiger partial charge in [0.05, 0.1) is 4.92 Å². The first kappa shape index (κ1) is 13.3. The third-order valence-electron chi connectivity index (χ3n) is 2.21. The summed E-state index contributed by atoms with van der Waals surface area (Å²) >= 11 is 7.37. The average molecular weight is 260 g/mol. The van der Waals surface area contributed by atoms with Gasteiger partial charge in [0.15, 0.2) is 0 Å². The zero-order chi connectivity index (χ0) is 12.1. The van der Waals surface area contributed by atoms with Crippen LogP contribution >= 0.6 is 23.4 Å². The number of nitrogens with zero attached hydrogens (tertiary/aromatic N) is 1. The quantitative estimate of drug-likeness (QED) is 0.347. The van der Waals surface area contributed by atoms with Gasteiger partial charge in [0.2, 0.25) is 0 Å². The van der Waals surface area contributed by atoms with Crippen LogP contribution in [-0.2, 0) is 0 Å². The Bertz CT molecular complexity index is 384. The van der Waals surface area contributed by atoms with Crippen LogP contribution in [0.25, 0.3) is 0 Å². The smallest absolute Gasteiger partial charge is 0.258 e. The second-order valence-corrected chi connectivity index (χ2v) is 5.47. The summed E-state index contributed by atoms with van der Waals surface area (Å²) in [5.41, 5.74) is 1.09. The molecule has 88 valence electrons. The number of hydrogen-bond acceptors (Lipinski definition) is 3. The van der Waals surface area contributed by atoms with Gasteiger partial charge < -0.3 is 0 Å². The molecule has 0 aliphatic rings. The van der Waals surface area contributed by atoms with Gasteiger partial charge in [-0.15, -0.1) is 23.4 Å². The Hall–Kier alpha value is -0.740. The van der Waals surface area contributed by atoms with Crippen molar-refractivity contribution in [3.8, 4) is 0 Å². The Morgan fingerprint density at radius 1 is 1.56 bits per heavy atom. The van der Waals surface area contributed by atoms with Crippen LogP contribution < -0.4 is 0 Å². The highest BCUT2D eigenvalue weighted by Gasteiger charge is 2.10. The minimum Gasteiger partial charge on any atom is -0.258 e. The summed E-state index contributed by atoms with van der Waals surface area (Å²) < 4.78 is 0. The molecule has 0 fully saturated rings. The normalized spacial score (nSPS) is 12.4. The van der Waals surface area contributed by atoms with Gasteiger partial charge in [0.1, 0.15) is 0 Å². The predicted molar refractivity (Wildman–Crippen MR) is 68.5 cm³/mol. The van der Waals surface area contributed by atoms with Crippen molar-refractivity contribution < 1.29 is 4.92 Å². The molecule has 0 saturated carbocycles. The van der Waals surface area contributed by atoms with E-state index in [1.54, 1.807) is 23.9 Å². The molecule has 1 aromatic rings. The second kappa shape index (κ2) is 6.11. The SMILES string of the molecule is Cc1cc([N+](=O)[O-])ccc1SC(C)CCCl. The summed E-state index contributed by atoms with van der Waals surface area (Å²) in [6, 6.07) is 4.96. The summed E-state index contributed by atoms with van der Waals surface area (Å²) in [5.74, 6) is 0.639. The molecule has 0 amide bonds. The molecule has 0 bridgehead atoms. The van der Waals surface area contributed by atoms with E-state index in [1.165, 1.54) is 0 Å². The number of thioether (sulfide) groups is 1. The van der Waals surface area contributed by atoms with Gasteiger partial charge in [-0.3, -0.25) is 10.1 Å². The lowest BCUT2D eigenvalue weighted by atomic mass is 10.2. The molecule has 0 saturated heterocycles. The van der Waals surface area contributed by atoms with Crippen molar-refractivity contribution in [3.63, 3.8) is 0 Å². The fraction of sp³-hybridized carbons (Fsp3) is 0.455. The van der Waals surface area contributed by atoms with Crippen molar-refractivity contribution in [3.05, 3.63) is 33.9 Å². The first-order valence-corrected chi connectivity index (χ1v) is 6.43. The molecule has 1 atom stereocenters. The van der Waals surface area contributed by atoms with E-state index >= 15 is 0 Å². The molecule has 16 heavy (non-hydrogen) atoms. The number of non-ortho nitro benzene ring substituents is 1. The van der Waals surface area contributed by atoms with E-state index in [0.29, 0.717) is 11.1 Å². The molecular weight excluding hydrogens is 246 g/mol. The zero-order valence-electron chi connectivity index (χ0n) is 9.27. The Labute approximate surface area is 104 Å². The van der Waals surface area contributed by atoms with Gasteiger partial charge in [-0.25, -0.2) is 0 Å². The van der Waals surface area contributed by atoms with Crippen LogP contribution in [0.4, 0.5) is 5.69 Å². The van der Waals surface area contributed by atoms with Crippen LogP contribution in [0.2, 0.25) is 0 Å². The van der Waals surface area contributed by atoms with Gasteiger partial charge in [-0.2, -0.15) is 0 Å². The molecule has 0 spiro atoms. The largest absolute Gasteiger partial charge is 0.269 e.